The number of thioether (sulfide) groups is 1. The van der Waals surface area contributed by atoms with Crippen LogP contribution in [0.3, 0.4) is 0 Å². The highest BCUT2D eigenvalue weighted by molar-refractivity contribution is 7.98. The average Bonchev–Trinajstić information content (AvgIpc) is 2.91. The number of amides is 2. The SMILES string of the molecule is CC#CC(=O)CCCNC(=O)CCCOc1cc([N+](=O)[O-])c(CSCC(NC(=O)OC(C)(C)C)C(=O)OC)cc1OC. The van der Waals surface area contributed by atoms with Crippen LogP contribution in [0.5, 0.6) is 11.5 Å². The number of carbonyl (C=O) groups excluding carboxylic acids is 4. The number of hydrogen-bond donors (Lipinski definition) is 2. The molecule has 2 N–H and O–H groups in total. The van der Waals surface area contributed by atoms with Crippen LogP contribution in [0.4, 0.5) is 10.5 Å². The molecule has 0 fully saturated rings. The van der Waals surface area contributed by atoms with Gasteiger partial charge in [-0.25, -0.2) is 9.59 Å². The number of carbonyl (C=O) groups is 4. The Kier molecular flexibility index (Phi) is 15.8. The van der Waals surface area contributed by atoms with E-state index in [1.807, 2.05) is 0 Å². The van der Waals surface area contributed by atoms with E-state index in [4.69, 9.17) is 18.9 Å². The van der Waals surface area contributed by atoms with E-state index in [1.54, 1.807) is 27.7 Å². The highest BCUT2D eigenvalue weighted by Gasteiger charge is 2.26. The maximum Gasteiger partial charge on any atom is 0.408 e. The van der Waals surface area contributed by atoms with E-state index in [0.29, 0.717) is 24.9 Å². The van der Waals surface area contributed by atoms with E-state index in [-0.39, 0.29) is 59.8 Å². The van der Waals surface area contributed by atoms with Gasteiger partial charge in [0, 0.05) is 36.5 Å². The van der Waals surface area contributed by atoms with E-state index in [9.17, 15) is 29.3 Å². The second-order valence-electron chi connectivity index (χ2n) is 9.83. The molecule has 1 aromatic rings. The zero-order chi connectivity index (χ0) is 31.7. The predicted molar refractivity (Wildman–Crippen MR) is 156 cm³/mol. The smallest absolute Gasteiger partial charge is 0.408 e. The van der Waals surface area contributed by atoms with E-state index in [1.165, 1.54) is 38.1 Å². The van der Waals surface area contributed by atoms with Crippen LogP contribution in [0, 0.1) is 22.0 Å². The second kappa shape index (κ2) is 18.4. The summed E-state index contributed by atoms with van der Waals surface area (Å²) in [7, 11) is 2.58. The van der Waals surface area contributed by atoms with Crippen molar-refractivity contribution in [1.29, 1.82) is 0 Å². The van der Waals surface area contributed by atoms with Gasteiger partial charge in [-0.05, 0) is 52.5 Å². The first kappa shape index (κ1) is 36.0. The highest BCUT2D eigenvalue weighted by atomic mass is 32.2. The Morgan fingerprint density at radius 1 is 1.10 bits per heavy atom. The van der Waals surface area contributed by atoms with Crippen LogP contribution >= 0.6 is 11.8 Å². The van der Waals surface area contributed by atoms with Crippen LogP contribution in [0.25, 0.3) is 0 Å². The van der Waals surface area contributed by atoms with Crippen molar-refractivity contribution < 1.29 is 43.0 Å². The van der Waals surface area contributed by atoms with Gasteiger partial charge in [-0.3, -0.25) is 19.7 Å². The molecule has 1 rings (SSSR count). The number of esters is 1. The summed E-state index contributed by atoms with van der Waals surface area (Å²) in [5, 5.41) is 17.0. The minimum atomic E-state index is -1.03. The van der Waals surface area contributed by atoms with Gasteiger partial charge in [-0.15, -0.1) is 0 Å². The van der Waals surface area contributed by atoms with Gasteiger partial charge in [0.2, 0.25) is 11.7 Å². The minimum Gasteiger partial charge on any atom is -0.493 e. The summed E-state index contributed by atoms with van der Waals surface area (Å²) in [6, 6.07) is 1.70. The number of nitro groups is 1. The fraction of sp³-hybridized carbons (Fsp3) is 0.571. The van der Waals surface area contributed by atoms with Gasteiger partial charge < -0.3 is 29.6 Å². The summed E-state index contributed by atoms with van der Waals surface area (Å²) in [4.78, 5) is 58.9. The molecule has 0 aliphatic heterocycles. The Bertz CT molecular complexity index is 1170. The van der Waals surface area contributed by atoms with Crippen molar-refractivity contribution in [3.63, 3.8) is 0 Å². The van der Waals surface area contributed by atoms with Gasteiger partial charge in [-0.2, -0.15) is 11.8 Å². The average molecular weight is 610 g/mol. The Hall–Kier alpha value is -3.99. The summed E-state index contributed by atoms with van der Waals surface area (Å²) in [6.07, 6.45) is 0.483. The van der Waals surface area contributed by atoms with E-state index < -0.39 is 28.6 Å². The van der Waals surface area contributed by atoms with Crippen LogP contribution in [0.1, 0.15) is 58.9 Å². The summed E-state index contributed by atoms with van der Waals surface area (Å²) in [5.74, 6) is 4.50. The molecule has 1 atom stereocenters. The maximum atomic E-state index is 12.2. The number of nitro benzene ring substituents is 1. The van der Waals surface area contributed by atoms with Crippen molar-refractivity contribution in [2.24, 2.45) is 0 Å². The monoisotopic (exact) mass is 609 g/mol. The predicted octanol–water partition coefficient (Wildman–Crippen LogP) is 3.55. The van der Waals surface area contributed by atoms with Gasteiger partial charge in [-0.1, -0.05) is 5.92 Å². The van der Waals surface area contributed by atoms with Crippen molar-refractivity contribution in [2.75, 3.05) is 33.1 Å². The third-order valence-corrected chi connectivity index (χ3v) is 6.34. The number of benzene rings is 1. The summed E-state index contributed by atoms with van der Waals surface area (Å²) < 4.78 is 21.0. The number of rotatable bonds is 17. The Labute approximate surface area is 249 Å². The molecule has 14 heteroatoms. The number of methoxy groups -OCH3 is 2. The molecular weight excluding hydrogens is 570 g/mol. The number of ether oxygens (including phenoxy) is 4. The molecular formula is C28H39N3O10S. The Morgan fingerprint density at radius 2 is 1.81 bits per heavy atom. The van der Waals surface area contributed by atoms with Crippen LogP contribution < -0.4 is 20.1 Å². The third kappa shape index (κ3) is 14.1. The van der Waals surface area contributed by atoms with Crippen molar-refractivity contribution >= 4 is 41.2 Å². The number of ketones is 1. The summed E-state index contributed by atoms with van der Waals surface area (Å²) >= 11 is 1.17. The van der Waals surface area contributed by atoms with Crippen LogP contribution in [-0.2, 0) is 29.6 Å². The van der Waals surface area contributed by atoms with E-state index >= 15 is 0 Å². The molecule has 0 saturated carbocycles. The first-order valence-corrected chi connectivity index (χ1v) is 14.3. The molecule has 0 saturated heterocycles. The zero-order valence-electron chi connectivity index (χ0n) is 24.8. The first-order valence-electron chi connectivity index (χ1n) is 13.2. The molecule has 0 aliphatic rings. The van der Waals surface area contributed by atoms with Gasteiger partial charge >= 0.3 is 12.1 Å². The number of hydrogen-bond acceptors (Lipinski definition) is 11. The Balaban J connectivity index is 2.74. The molecule has 1 aromatic carbocycles. The topological polar surface area (TPSA) is 172 Å². The molecule has 232 valence electrons. The van der Waals surface area contributed by atoms with Gasteiger partial charge in [0.15, 0.2) is 11.5 Å². The van der Waals surface area contributed by atoms with Crippen LogP contribution in [-0.4, -0.2) is 73.4 Å². The van der Waals surface area contributed by atoms with Crippen molar-refractivity contribution in [3.05, 3.63) is 27.8 Å². The third-order valence-electron chi connectivity index (χ3n) is 5.25. The normalized spacial score (nSPS) is 11.3. The second-order valence-corrected chi connectivity index (χ2v) is 10.9. The quantitative estimate of drug-likeness (QED) is 0.0660. The highest BCUT2D eigenvalue weighted by Crippen LogP contribution is 2.36. The summed E-state index contributed by atoms with van der Waals surface area (Å²) in [6.45, 7) is 7.10. The lowest BCUT2D eigenvalue weighted by molar-refractivity contribution is -0.385. The number of nitrogens with one attached hydrogen (secondary N) is 2. The molecule has 0 radical (unpaired) electrons. The van der Waals surface area contributed by atoms with Gasteiger partial charge in [0.1, 0.15) is 11.6 Å². The van der Waals surface area contributed by atoms with Gasteiger partial charge in [0.25, 0.3) is 5.69 Å². The van der Waals surface area contributed by atoms with Gasteiger partial charge in [0.05, 0.1) is 31.8 Å². The summed E-state index contributed by atoms with van der Waals surface area (Å²) in [5.41, 5.74) is -0.663. The number of Topliss-reactive ketones (excluding diaryl/α,β-unsaturated/α-hetero) is 1. The largest absolute Gasteiger partial charge is 0.493 e. The fourth-order valence-electron chi connectivity index (χ4n) is 3.38. The molecule has 2 amide bonds. The van der Waals surface area contributed by atoms with Crippen LogP contribution in [0.15, 0.2) is 12.1 Å². The van der Waals surface area contributed by atoms with Crippen molar-refractivity contribution in [3.8, 4) is 23.3 Å². The van der Waals surface area contributed by atoms with E-state index in [0.717, 1.165) is 0 Å². The Morgan fingerprint density at radius 3 is 2.40 bits per heavy atom. The fourth-order valence-corrected chi connectivity index (χ4v) is 4.40. The standard InChI is InChI=1S/C28H39N3O10S/c1-7-10-20(32)11-8-13-29-25(33)12-9-14-40-24-16-22(31(36)37)19(15-23(24)38-5)17-42-18-21(26(34)39-6)30-27(35)41-28(2,3)4/h15-16,21H,8-9,11-14,17-18H2,1-6H3,(H,29,33)(H,30,35). The maximum absolute atomic E-state index is 12.2. The molecule has 1 unspecified atom stereocenters. The molecule has 13 nitrogen and oxygen atoms in total. The molecule has 42 heavy (non-hydrogen) atoms. The van der Waals surface area contributed by atoms with Crippen LogP contribution in [0.2, 0.25) is 0 Å². The lowest BCUT2D eigenvalue weighted by atomic mass is 10.1. The lowest BCUT2D eigenvalue weighted by Crippen LogP contribution is -2.45. The van der Waals surface area contributed by atoms with Crippen molar-refractivity contribution in [2.45, 2.75) is 70.8 Å². The first-order chi connectivity index (χ1) is 19.8. The number of nitrogens with zero attached hydrogens (tertiary/aromatic N) is 1. The van der Waals surface area contributed by atoms with E-state index in [2.05, 4.69) is 22.5 Å². The minimum absolute atomic E-state index is 0.0643. The molecule has 0 heterocycles. The molecule has 0 spiro atoms. The zero-order valence-corrected chi connectivity index (χ0v) is 25.6. The molecule has 0 aliphatic carbocycles. The molecule has 0 bridgehead atoms. The molecule has 0 aromatic heterocycles. The number of alkyl carbamates (subject to hydrolysis) is 1. The van der Waals surface area contributed by atoms with Crippen molar-refractivity contribution in [1.82, 2.24) is 10.6 Å². The lowest BCUT2D eigenvalue weighted by Gasteiger charge is -2.22.